The molecule has 1 N–H and O–H groups in total. The fourth-order valence-corrected chi connectivity index (χ4v) is 2.52. The van der Waals surface area contributed by atoms with E-state index in [0.29, 0.717) is 11.2 Å². The van der Waals surface area contributed by atoms with E-state index >= 15 is 0 Å². The molecule has 6 nitrogen and oxygen atoms in total. The molecule has 0 atom stereocenters. The standard InChI is InChI=1S/C15H13NO5S/c1-20-14(18)13-12(7-11(8-17)22-13)16-15(19)21-9-10-5-3-2-4-6-10/h2-8H,9H2,1H3,(H,16,19). The summed E-state index contributed by atoms with van der Waals surface area (Å²) < 4.78 is 9.67. The molecule has 114 valence electrons. The summed E-state index contributed by atoms with van der Waals surface area (Å²) in [7, 11) is 1.22. The highest BCUT2D eigenvalue weighted by atomic mass is 32.1. The Morgan fingerprint density at radius 1 is 1.27 bits per heavy atom. The summed E-state index contributed by atoms with van der Waals surface area (Å²) in [5.74, 6) is -0.628. The molecule has 0 saturated heterocycles. The van der Waals surface area contributed by atoms with Crippen LogP contribution >= 0.6 is 11.3 Å². The number of aldehydes is 1. The van der Waals surface area contributed by atoms with Crippen molar-refractivity contribution in [1.82, 2.24) is 0 Å². The Kier molecular flexibility index (Phi) is 5.26. The van der Waals surface area contributed by atoms with E-state index < -0.39 is 12.1 Å². The van der Waals surface area contributed by atoms with Crippen molar-refractivity contribution in [1.29, 1.82) is 0 Å². The monoisotopic (exact) mass is 319 g/mol. The Labute approximate surface area is 130 Å². The lowest BCUT2D eigenvalue weighted by atomic mass is 10.2. The Morgan fingerprint density at radius 3 is 2.64 bits per heavy atom. The van der Waals surface area contributed by atoms with Crippen molar-refractivity contribution in [3.05, 3.63) is 51.7 Å². The molecule has 1 heterocycles. The maximum atomic E-state index is 11.8. The van der Waals surface area contributed by atoms with E-state index in [1.807, 2.05) is 30.3 Å². The topological polar surface area (TPSA) is 81.7 Å². The summed E-state index contributed by atoms with van der Waals surface area (Å²) in [6.45, 7) is 0.102. The predicted octanol–water partition coefficient (Wildman–Crippen LogP) is 3.10. The maximum absolute atomic E-state index is 11.8. The first-order valence-corrected chi connectivity index (χ1v) is 7.10. The summed E-state index contributed by atoms with van der Waals surface area (Å²) in [5, 5.41) is 2.44. The minimum atomic E-state index is -0.718. The fraction of sp³-hybridized carbons (Fsp3) is 0.133. The number of hydrogen-bond donors (Lipinski definition) is 1. The van der Waals surface area contributed by atoms with Crippen LogP contribution in [0.3, 0.4) is 0 Å². The Morgan fingerprint density at radius 2 is 2.00 bits per heavy atom. The first kappa shape index (κ1) is 15.7. The molecule has 2 rings (SSSR count). The number of ether oxygens (including phenoxy) is 2. The van der Waals surface area contributed by atoms with E-state index in [4.69, 9.17) is 4.74 Å². The zero-order valence-corrected chi connectivity index (χ0v) is 12.5. The smallest absolute Gasteiger partial charge is 0.412 e. The molecule has 0 unspecified atom stereocenters. The number of thiophene rings is 1. The third-order valence-electron chi connectivity index (χ3n) is 2.69. The van der Waals surface area contributed by atoms with Gasteiger partial charge in [-0.05, 0) is 11.6 Å². The molecule has 2 aromatic rings. The van der Waals surface area contributed by atoms with Gasteiger partial charge in [0.15, 0.2) is 6.29 Å². The maximum Gasteiger partial charge on any atom is 0.412 e. The van der Waals surface area contributed by atoms with Crippen LogP contribution < -0.4 is 5.32 Å². The zero-order valence-electron chi connectivity index (χ0n) is 11.7. The van der Waals surface area contributed by atoms with Crippen LogP contribution in [-0.2, 0) is 16.1 Å². The van der Waals surface area contributed by atoms with E-state index in [0.717, 1.165) is 16.9 Å². The highest BCUT2D eigenvalue weighted by Crippen LogP contribution is 2.27. The number of hydrogen-bond acceptors (Lipinski definition) is 6. The van der Waals surface area contributed by atoms with Gasteiger partial charge in [-0.1, -0.05) is 30.3 Å². The van der Waals surface area contributed by atoms with Gasteiger partial charge in [0.2, 0.25) is 0 Å². The fourth-order valence-electron chi connectivity index (χ4n) is 1.67. The molecule has 0 bridgehead atoms. The Hall–Kier alpha value is -2.67. The van der Waals surface area contributed by atoms with Crippen LogP contribution in [0.1, 0.15) is 24.9 Å². The lowest BCUT2D eigenvalue weighted by Crippen LogP contribution is -2.15. The van der Waals surface area contributed by atoms with Crippen LogP contribution in [-0.4, -0.2) is 25.5 Å². The van der Waals surface area contributed by atoms with Crippen molar-refractivity contribution in [2.45, 2.75) is 6.61 Å². The highest BCUT2D eigenvalue weighted by Gasteiger charge is 2.19. The van der Waals surface area contributed by atoms with E-state index in [1.165, 1.54) is 13.2 Å². The molecule has 22 heavy (non-hydrogen) atoms. The minimum Gasteiger partial charge on any atom is -0.465 e. The largest absolute Gasteiger partial charge is 0.465 e. The molecule has 0 radical (unpaired) electrons. The number of carbonyl (C=O) groups excluding carboxylic acids is 3. The first-order chi connectivity index (χ1) is 10.6. The van der Waals surface area contributed by atoms with Gasteiger partial charge in [0.05, 0.1) is 17.7 Å². The molecular weight excluding hydrogens is 306 g/mol. The van der Waals surface area contributed by atoms with Crippen LogP contribution in [0, 0.1) is 0 Å². The van der Waals surface area contributed by atoms with Crippen molar-refractivity contribution in [3.63, 3.8) is 0 Å². The second kappa shape index (κ2) is 7.37. The molecule has 0 aliphatic rings. The molecule has 0 fully saturated rings. The van der Waals surface area contributed by atoms with Gasteiger partial charge in [0, 0.05) is 0 Å². The van der Waals surface area contributed by atoms with Gasteiger partial charge < -0.3 is 9.47 Å². The van der Waals surface area contributed by atoms with Gasteiger partial charge in [-0.2, -0.15) is 0 Å². The molecule has 0 spiro atoms. The second-order valence-electron chi connectivity index (χ2n) is 4.19. The number of carbonyl (C=O) groups is 3. The summed E-state index contributed by atoms with van der Waals surface area (Å²) >= 11 is 0.936. The van der Waals surface area contributed by atoms with Gasteiger partial charge in [-0.25, -0.2) is 9.59 Å². The lowest BCUT2D eigenvalue weighted by Gasteiger charge is -2.07. The summed E-state index contributed by atoms with van der Waals surface area (Å²) in [4.78, 5) is 34.6. The summed E-state index contributed by atoms with van der Waals surface area (Å²) in [6.07, 6.45) is -0.123. The molecule has 0 aliphatic carbocycles. The second-order valence-corrected chi connectivity index (χ2v) is 5.27. The quantitative estimate of drug-likeness (QED) is 0.676. The first-order valence-electron chi connectivity index (χ1n) is 6.29. The van der Waals surface area contributed by atoms with Gasteiger partial charge in [0.1, 0.15) is 11.5 Å². The summed E-state index contributed by atoms with van der Waals surface area (Å²) in [6, 6.07) is 10.6. The normalized spacial score (nSPS) is 9.86. The Balaban J connectivity index is 2.03. The number of esters is 1. The minimum absolute atomic E-state index is 0.102. The third-order valence-corrected chi connectivity index (χ3v) is 3.73. The van der Waals surface area contributed by atoms with Gasteiger partial charge in [-0.3, -0.25) is 10.1 Å². The molecule has 7 heteroatoms. The van der Waals surface area contributed by atoms with Crippen molar-refractivity contribution in [2.75, 3.05) is 12.4 Å². The van der Waals surface area contributed by atoms with Crippen LogP contribution in [0.4, 0.5) is 10.5 Å². The SMILES string of the molecule is COC(=O)c1sc(C=O)cc1NC(=O)OCc1ccccc1. The number of anilines is 1. The number of nitrogens with one attached hydrogen (secondary N) is 1. The number of methoxy groups -OCH3 is 1. The van der Waals surface area contributed by atoms with Gasteiger partial charge >= 0.3 is 12.1 Å². The Bertz CT molecular complexity index is 680. The summed E-state index contributed by atoms with van der Waals surface area (Å²) in [5.41, 5.74) is 1.03. The molecule has 0 saturated carbocycles. The van der Waals surface area contributed by atoms with E-state index in [-0.39, 0.29) is 17.2 Å². The van der Waals surface area contributed by atoms with Gasteiger partial charge in [0.25, 0.3) is 0 Å². The van der Waals surface area contributed by atoms with Crippen molar-refractivity contribution in [3.8, 4) is 0 Å². The molecule has 1 aromatic carbocycles. The van der Waals surface area contributed by atoms with Crippen molar-refractivity contribution in [2.24, 2.45) is 0 Å². The lowest BCUT2D eigenvalue weighted by molar-refractivity contribution is 0.0607. The number of amides is 1. The average molecular weight is 319 g/mol. The van der Waals surface area contributed by atoms with Crippen molar-refractivity contribution < 1.29 is 23.9 Å². The highest BCUT2D eigenvalue weighted by molar-refractivity contribution is 7.16. The predicted molar refractivity (Wildman–Crippen MR) is 81.3 cm³/mol. The average Bonchev–Trinajstić information content (AvgIpc) is 2.96. The number of rotatable bonds is 5. The van der Waals surface area contributed by atoms with Crippen LogP contribution in [0.5, 0.6) is 0 Å². The van der Waals surface area contributed by atoms with Crippen LogP contribution in [0.25, 0.3) is 0 Å². The van der Waals surface area contributed by atoms with E-state index in [9.17, 15) is 14.4 Å². The van der Waals surface area contributed by atoms with Crippen molar-refractivity contribution >= 4 is 35.4 Å². The zero-order chi connectivity index (χ0) is 15.9. The van der Waals surface area contributed by atoms with E-state index in [2.05, 4.69) is 10.1 Å². The van der Waals surface area contributed by atoms with Crippen LogP contribution in [0.2, 0.25) is 0 Å². The molecular formula is C15H13NO5S. The molecule has 1 amide bonds. The number of benzene rings is 1. The molecule has 1 aromatic heterocycles. The van der Waals surface area contributed by atoms with Gasteiger partial charge in [-0.15, -0.1) is 11.3 Å². The molecule has 0 aliphatic heterocycles. The van der Waals surface area contributed by atoms with E-state index in [1.54, 1.807) is 0 Å². The third kappa shape index (κ3) is 3.92. The van der Waals surface area contributed by atoms with Crippen LogP contribution in [0.15, 0.2) is 36.4 Å².